The quantitative estimate of drug-likeness (QED) is 0.827. The van der Waals surface area contributed by atoms with E-state index in [1.54, 1.807) is 0 Å². The Labute approximate surface area is 128 Å². The molecule has 0 saturated carbocycles. The number of amides is 1. The molecule has 3 heteroatoms. The third-order valence-corrected chi connectivity index (χ3v) is 4.81. The van der Waals surface area contributed by atoms with Crippen molar-refractivity contribution in [2.75, 3.05) is 13.1 Å². The third-order valence-electron chi connectivity index (χ3n) is 4.81. The second-order valence-corrected chi connectivity index (χ2v) is 6.89. The first-order chi connectivity index (χ1) is 9.86. The van der Waals surface area contributed by atoms with E-state index in [1.165, 1.54) is 5.56 Å². The van der Waals surface area contributed by atoms with E-state index in [-0.39, 0.29) is 17.1 Å². The second-order valence-electron chi connectivity index (χ2n) is 6.89. The van der Waals surface area contributed by atoms with Gasteiger partial charge in [-0.2, -0.15) is 0 Å². The van der Waals surface area contributed by atoms with Crippen LogP contribution in [-0.4, -0.2) is 29.7 Å². The molecule has 1 heterocycles. The maximum absolute atomic E-state index is 12.2. The summed E-state index contributed by atoms with van der Waals surface area (Å²) in [5, 5.41) is 0. The Balaban J connectivity index is 1.96. The number of piperidine rings is 1. The molecule has 116 valence electrons. The molecule has 0 unspecified atom stereocenters. The van der Waals surface area contributed by atoms with E-state index in [1.807, 2.05) is 31.7 Å². The van der Waals surface area contributed by atoms with E-state index >= 15 is 0 Å². The highest BCUT2D eigenvalue weighted by Gasteiger charge is 2.34. The highest BCUT2D eigenvalue weighted by Crippen LogP contribution is 2.35. The largest absolute Gasteiger partial charge is 0.443 e. The van der Waals surface area contributed by atoms with Gasteiger partial charge in [-0.05, 0) is 44.1 Å². The summed E-state index contributed by atoms with van der Waals surface area (Å²) in [7, 11) is 0. The summed E-state index contributed by atoms with van der Waals surface area (Å²) in [6, 6.07) is 10.6. The molecule has 1 aliphatic rings. The minimum atomic E-state index is -0.378. The first kappa shape index (κ1) is 15.9. The lowest BCUT2D eigenvalue weighted by Crippen LogP contribution is -2.46. The van der Waals surface area contributed by atoms with Crippen molar-refractivity contribution < 1.29 is 9.53 Å². The Bertz CT molecular complexity index is 473. The van der Waals surface area contributed by atoms with E-state index in [9.17, 15) is 4.79 Å². The summed E-state index contributed by atoms with van der Waals surface area (Å²) in [6.07, 6.45) is 2.63. The molecular formula is C18H27NO2. The number of hydrogen-bond acceptors (Lipinski definition) is 2. The first-order valence-corrected chi connectivity index (χ1v) is 7.90. The van der Waals surface area contributed by atoms with Crippen LogP contribution in [0.4, 0.5) is 4.79 Å². The molecular weight excluding hydrogens is 262 g/mol. The first-order valence-electron chi connectivity index (χ1n) is 7.90. The number of carbonyl (C=O) groups excluding carboxylic acids is 1. The molecule has 0 spiro atoms. The monoisotopic (exact) mass is 289 g/mol. The number of likely N-dealkylation sites (tertiary alicyclic amines) is 1. The van der Waals surface area contributed by atoms with Gasteiger partial charge in [0, 0.05) is 13.1 Å². The summed E-state index contributed by atoms with van der Waals surface area (Å²) in [4.78, 5) is 14.1. The lowest BCUT2D eigenvalue weighted by atomic mass is 9.75. The number of hydrogen-bond donors (Lipinski definition) is 0. The van der Waals surface area contributed by atoms with Gasteiger partial charge in [0.1, 0.15) is 5.60 Å². The van der Waals surface area contributed by atoms with Gasteiger partial charge >= 0.3 is 6.09 Å². The molecule has 0 bridgehead atoms. The molecule has 0 N–H and O–H groups in total. The Morgan fingerprint density at radius 1 is 1.24 bits per heavy atom. The van der Waals surface area contributed by atoms with Crippen molar-refractivity contribution in [1.29, 1.82) is 0 Å². The van der Waals surface area contributed by atoms with Crippen molar-refractivity contribution in [1.82, 2.24) is 4.90 Å². The van der Waals surface area contributed by atoms with Gasteiger partial charge in [-0.3, -0.25) is 0 Å². The summed E-state index contributed by atoms with van der Waals surface area (Å²) in [5.74, 6) is 0. The van der Waals surface area contributed by atoms with Crippen molar-refractivity contribution in [3.63, 3.8) is 0 Å². The Kier molecular flexibility index (Phi) is 4.60. The molecule has 1 aliphatic heterocycles. The predicted octanol–water partition coefficient (Wildman–Crippen LogP) is 4.37. The summed E-state index contributed by atoms with van der Waals surface area (Å²) in [5.41, 5.74) is 1.15. The van der Waals surface area contributed by atoms with Gasteiger partial charge in [-0.15, -0.1) is 0 Å². The molecule has 3 nitrogen and oxygen atoms in total. The van der Waals surface area contributed by atoms with Crippen LogP contribution < -0.4 is 0 Å². The number of ether oxygens (including phenoxy) is 1. The van der Waals surface area contributed by atoms with E-state index < -0.39 is 0 Å². The summed E-state index contributed by atoms with van der Waals surface area (Å²) < 4.78 is 5.59. The minimum absolute atomic E-state index is 0.165. The molecule has 21 heavy (non-hydrogen) atoms. The van der Waals surface area contributed by atoms with E-state index in [0.717, 1.165) is 32.4 Å². The number of benzene rings is 1. The number of carbonyl (C=O) groups is 1. The zero-order chi connectivity index (χ0) is 15.5. The molecule has 0 radical (unpaired) electrons. The number of nitrogens with zero attached hydrogens (tertiary/aromatic N) is 1. The van der Waals surface area contributed by atoms with Gasteiger partial charge in [-0.25, -0.2) is 4.79 Å². The molecule has 1 fully saturated rings. The molecule has 1 saturated heterocycles. The van der Waals surface area contributed by atoms with Crippen molar-refractivity contribution >= 4 is 6.09 Å². The Morgan fingerprint density at radius 2 is 1.81 bits per heavy atom. The van der Waals surface area contributed by atoms with Crippen molar-refractivity contribution in [3.05, 3.63) is 35.9 Å². The molecule has 0 atom stereocenters. The molecule has 2 rings (SSSR count). The van der Waals surface area contributed by atoms with Crippen LogP contribution >= 0.6 is 0 Å². The van der Waals surface area contributed by atoms with Gasteiger partial charge in [0.15, 0.2) is 0 Å². The summed E-state index contributed by atoms with van der Waals surface area (Å²) in [6.45, 7) is 9.79. The minimum Gasteiger partial charge on any atom is -0.443 e. The molecule has 0 aliphatic carbocycles. The average Bonchev–Trinajstić information content (AvgIpc) is 2.48. The Hall–Kier alpha value is -1.51. The van der Waals surface area contributed by atoms with Crippen molar-refractivity contribution in [2.24, 2.45) is 0 Å². The standard InChI is InChI=1S/C18H27NO2/c1-5-17(2,3)21-16(20)19-13-11-18(4,12-14-19)15-9-7-6-8-10-15/h6-10H,5,11-14H2,1-4H3. The fourth-order valence-corrected chi connectivity index (χ4v) is 2.69. The zero-order valence-electron chi connectivity index (χ0n) is 13.7. The molecule has 1 aromatic rings. The van der Waals surface area contributed by atoms with Crippen LogP contribution in [0, 0.1) is 0 Å². The third kappa shape index (κ3) is 3.78. The SMILES string of the molecule is CCC(C)(C)OC(=O)N1CCC(C)(c2ccccc2)CC1. The predicted molar refractivity (Wildman–Crippen MR) is 85.5 cm³/mol. The maximum atomic E-state index is 12.2. The Morgan fingerprint density at radius 3 is 2.33 bits per heavy atom. The van der Waals surface area contributed by atoms with E-state index in [4.69, 9.17) is 4.74 Å². The van der Waals surface area contributed by atoms with Crippen LogP contribution in [0.15, 0.2) is 30.3 Å². The lowest BCUT2D eigenvalue weighted by molar-refractivity contribution is 0.00474. The smallest absolute Gasteiger partial charge is 0.410 e. The van der Waals surface area contributed by atoms with Crippen LogP contribution in [0.2, 0.25) is 0 Å². The highest BCUT2D eigenvalue weighted by atomic mass is 16.6. The van der Waals surface area contributed by atoms with Crippen LogP contribution in [0.5, 0.6) is 0 Å². The topological polar surface area (TPSA) is 29.5 Å². The van der Waals surface area contributed by atoms with E-state index in [2.05, 4.69) is 31.2 Å². The van der Waals surface area contributed by atoms with Crippen molar-refractivity contribution in [3.8, 4) is 0 Å². The molecule has 0 aromatic heterocycles. The number of rotatable bonds is 3. The highest BCUT2D eigenvalue weighted by molar-refractivity contribution is 5.68. The normalized spacial score (nSPS) is 18.4. The van der Waals surface area contributed by atoms with Crippen LogP contribution in [0.3, 0.4) is 0 Å². The van der Waals surface area contributed by atoms with Gasteiger partial charge in [0.25, 0.3) is 0 Å². The zero-order valence-corrected chi connectivity index (χ0v) is 13.7. The van der Waals surface area contributed by atoms with Crippen LogP contribution in [-0.2, 0) is 10.2 Å². The van der Waals surface area contributed by atoms with Crippen LogP contribution in [0.1, 0.15) is 52.5 Å². The fraction of sp³-hybridized carbons (Fsp3) is 0.611. The van der Waals surface area contributed by atoms with Crippen molar-refractivity contribution in [2.45, 2.75) is 58.0 Å². The van der Waals surface area contributed by atoms with Gasteiger partial charge < -0.3 is 9.64 Å². The van der Waals surface area contributed by atoms with Crippen LogP contribution in [0.25, 0.3) is 0 Å². The van der Waals surface area contributed by atoms with Gasteiger partial charge in [0.05, 0.1) is 0 Å². The molecule has 1 aromatic carbocycles. The molecule has 1 amide bonds. The van der Waals surface area contributed by atoms with E-state index in [0.29, 0.717) is 0 Å². The van der Waals surface area contributed by atoms with Gasteiger partial charge in [0.2, 0.25) is 0 Å². The fourth-order valence-electron chi connectivity index (χ4n) is 2.69. The lowest BCUT2D eigenvalue weighted by Gasteiger charge is -2.40. The second kappa shape index (κ2) is 6.08. The average molecular weight is 289 g/mol. The van der Waals surface area contributed by atoms with Gasteiger partial charge in [-0.1, -0.05) is 44.2 Å². The maximum Gasteiger partial charge on any atom is 0.410 e. The summed E-state index contributed by atoms with van der Waals surface area (Å²) >= 11 is 0.